The van der Waals surface area contributed by atoms with Crippen LogP contribution >= 0.6 is 0 Å². The Balaban J connectivity index is 2.24. The zero-order chi connectivity index (χ0) is 14.2. The first-order chi connectivity index (χ1) is 8.90. The van der Waals surface area contributed by atoms with Gasteiger partial charge in [0.1, 0.15) is 6.61 Å². The number of esters is 1. The highest BCUT2D eigenvalue weighted by Gasteiger charge is 2.35. The average Bonchev–Trinajstić information content (AvgIpc) is 2.79. The first-order valence-corrected chi connectivity index (χ1v) is 4.78. The molecule has 1 aliphatic rings. The molecule has 1 aromatic rings. The predicted octanol–water partition coefficient (Wildman–Crippen LogP) is 1.68. The number of ether oxygens (including phenoxy) is 3. The Labute approximate surface area is 102 Å². The molecule has 0 spiro atoms. The maximum absolute atomic E-state index is 13.2. The van der Waals surface area contributed by atoms with Gasteiger partial charge in [0, 0.05) is 6.07 Å². The van der Waals surface area contributed by atoms with Crippen molar-refractivity contribution < 1.29 is 41.4 Å². The molecule has 1 saturated heterocycles. The van der Waals surface area contributed by atoms with E-state index in [4.69, 9.17) is 0 Å². The summed E-state index contributed by atoms with van der Waals surface area (Å²) in [4.78, 5) is 21.9. The van der Waals surface area contributed by atoms with Crippen LogP contribution in [0.2, 0.25) is 0 Å². The van der Waals surface area contributed by atoms with Crippen LogP contribution in [0.3, 0.4) is 0 Å². The summed E-state index contributed by atoms with van der Waals surface area (Å²) in [5, 5.41) is 0. The highest BCUT2D eigenvalue weighted by Crippen LogP contribution is 2.27. The molecule has 0 aliphatic carbocycles. The Morgan fingerprint density at radius 1 is 1.21 bits per heavy atom. The monoisotopic (exact) mass is 280 g/mol. The van der Waals surface area contributed by atoms with Crippen molar-refractivity contribution in [2.75, 3.05) is 6.61 Å². The van der Waals surface area contributed by atoms with Crippen LogP contribution in [0, 0.1) is 23.3 Å². The van der Waals surface area contributed by atoms with E-state index in [-0.39, 0.29) is 6.07 Å². The maximum atomic E-state index is 13.2. The van der Waals surface area contributed by atoms with Gasteiger partial charge < -0.3 is 14.2 Å². The van der Waals surface area contributed by atoms with Crippen molar-refractivity contribution in [2.24, 2.45) is 0 Å². The van der Waals surface area contributed by atoms with Gasteiger partial charge in [0.05, 0.1) is 0 Å². The number of carbonyl (C=O) groups is 2. The van der Waals surface area contributed by atoms with Gasteiger partial charge >= 0.3 is 12.1 Å². The second-order valence-electron chi connectivity index (χ2n) is 3.39. The molecule has 0 amide bonds. The van der Waals surface area contributed by atoms with Crippen molar-refractivity contribution in [1.82, 2.24) is 0 Å². The van der Waals surface area contributed by atoms with Crippen LogP contribution in [0.4, 0.5) is 22.4 Å². The Hall–Kier alpha value is -2.32. The molecule has 1 heterocycles. The van der Waals surface area contributed by atoms with E-state index in [0.29, 0.717) is 0 Å². The summed E-state index contributed by atoms with van der Waals surface area (Å²) in [5.74, 6) is -10.2. The van der Waals surface area contributed by atoms with Crippen LogP contribution in [-0.4, -0.2) is 24.8 Å². The maximum Gasteiger partial charge on any atom is 0.509 e. The first kappa shape index (κ1) is 13.1. The standard InChI is InChI=1S/C10H4F4O5/c11-3-1-4(12)7(14)8(6(3)13)19-9(15)5-2-17-10(16)18-5/h1,5H,2H2. The van der Waals surface area contributed by atoms with E-state index in [1.165, 1.54) is 0 Å². The quantitative estimate of drug-likeness (QED) is 0.357. The van der Waals surface area contributed by atoms with Crippen molar-refractivity contribution >= 4 is 12.1 Å². The van der Waals surface area contributed by atoms with Gasteiger partial charge in [-0.1, -0.05) is 0 Å². The highest BCUT2D eigenvalue weighted by atomic mass is 19.2. The van der Waals surface area contributed by atoms with Crippen LogP contribution in [0.5, 0.6) is 5.75 Å². The molecule has 0 saturated carbocycles. The largest absolute Gasteiger partial charge is 0.509 e. The molecule has 102 valence electrons. The third-order valence-electron chi connectivity index (χ3n) is 2.13. The lowest BCUT2D eigenvalue weighted by atomic mass is 10.3. The number of halogens is 4. The van der Waals surface area contributed by atoms with Crippen molar-refractivity contribution in [3.8, 4) is 5.75 Å². The SMILES string of the molecule is O=C1OCC(C(=O)Oc2c(F)c(F)cc(F)c2F)O1. The van der Waals surface area contributed by atoms with Crippen LogP contribution in [-0.2, 0) is 14.3 Å². The van der Waals surface area contributed by atoms with E-state index < -0.39 is 53.9 Å². The number of carbonyl (C=O) groups excluding carboxylic acids is 2. The second kappa shape index (κ2) is 4.75. The number of rotatable bonds is 2. The topological polar surface area (TPSA) is 61.8 Å². The molecule has 1 atom stereocenters. The van der Waals surface area contributed by atoms with Crippen molar-refractivity contribution in [1.29, 1.82) is 0 Å². The van der Waals surface area contributed by atoms with E-state index in [1.54, 1.807) is 0 Å². The minimum Gasteiger partial charge on any atom is -0.430 e. The molecule has 1 unspecified atom stereocenters. The molecule has 19 heavy (non-hydrogen) atoms. The summed E-state index contributed by atoms with van der Waals surface area (Å²) < 4.78 is 64.6. The van der Waals surface area contributed by atoms with Crippen LogP contribution in [0.25, 0.3) is 0 Å². The average molecular weight is 280 g/mol. The Kier molecular flexibility index (Phi) is 3.28. The normalized spacial score (nSPS) is 17.9. The van der Waals surface area contributed by atoms with Gasteiger partial charge in [-0.15, -0.1) is 0 Å². The lowest BCUT2D eigenvalue weighted by Crippen LogP contribution is -2.28. The third-order valence-corrected chi connectivity index (χ3v) is 2.13. The predicted molar refractivity (Wildman–Crippen MR) is 48.1 cm³/mol. The first-order valence-electron chi connectivity index (χ1n) is 4.78. The fourth-order valence-electron chi connectivity index (χ4n) is 1.25. The zero-order valence-electron chi connectivity index (χ0n) is 8.91. The molecule has 0 aromatic heterocycles. The van der Waals surface area contributed by atoms with E-state index in [9.17, 15) is 27.2 Å². The molecule has 1 aliphatic heterocycles. The van der Waals surface area contributed by atoms with E-state index in [1.807, 2.05) is 0 Å². The lowest BCUT2D eigenvalue weighted by Gasteiger charge is -2.09. The second-order valence-corrected chi connectivity index (χ2v) is 3.39. The number of hydrogen-bond donors (Lipinski definition) is 0. The van der Waals surface area contributed by atoms with Gasteiger partial charge in [0.25, 0.3) is 0 Å². The molecule has 1 aromatic carbocycles. The van der Waals surface area contributed by atoms with Gasteiger partial charge in [-0.05, 0) is 0 Å². The summed E-state index contributed by atoms with van der Waals surface area (Å²) in [6.45, 7) is -0.529. The van der Waals surface area contributed by atoms with Crippen molar-refractivity contribution in [3.05, 3.63) is 29.3 Å². The van der Waals surface area contributed by atoms with E-state index >= 15 is 0 Å². The van der Waals surface area contributed by atoms with Gasteiger partial charge in [-0.25, -0.2) is 18.4 Å². The molecule has 5 nitrogen and oxygen atoms in total. The fraction of sp³-hybridized carbons (Fsp3) is 0.200. The smallest absolute Gasteiger partial charge is 0.430 e. The molecule has 0 radical (unpaired) electrons. The lowest BCUT2D eigenvalue weighted by molar-refractivity contribution is -0.142. The van der Waals surface area contributed by atoms with E-state index in [0.717, 1.165) is 0 Å². The van der Waals surface area contributed by atoms with Crippen molar-refractivity contribution in [2.45, 2.75) is 6.10 Å². The minimum atomic E-state index is -1.88. The molecule has 9 heteroatoms. The molecule has 1 fully saturated rings. The summed E-state index contributed by atoms with van der Waals surface area (Å²) in [6.07, 6.45) is -2.73. The Bertz CT molecular complexity index is 533. The summed E-state index contributed by atoms with van der Waals surface area (Å²) in [7, 11) is 0. The van der Waals surface area contributed by atoms with Crippen LogP contribution in [0.1, 0.15) is 0 Å². The fourth-order valence-corrected chi connectivity index (χ4v) is 1.25. The van der Waals surface area contributed by atoms with Crippen molar-refractivity contribution in [3.63, 3.8) is 0 Å². The zero-order valence-corrected chi connectivity index (χ0v) is 8.91. The number of cyclic esters (lactones) is 2. The molecule has 2 rings (SSSR count). The highest BCUT2D eigenvalue weighted by molar-refractivity contribution is 5.81. The minimum absolute atomic E-state index is 0.0410. The van der Waals surface area contributed by atoms with Crippen LogP contribution in [0.15, 0.2) is 6.07 Å². The van der Waals surface area contributed by atoms with Gasteiger partial charge in [0.15, 0.2) is 11.6 Å². The molecular formula is C10H4F4O5. The third kappa shape index (κ3) is 2.44. The number of benzene rings is 1. The molecular weight excluding hydrogens is 276 g/mol. The molecule has 0 N–H and O–H groups in total. The Morgan fingerprint density at radius 3 is 2.26 bits per heavy atom. The summed E-state index contributed by atoms with van der Waals surface area (Å²) >= 11 is 0. The Morgan fingerprint density at radius 2 is 1.79 bits per heavy atom. The van der Waals surface area contributed by atoms with Gasteiger partial charge in [-0.2, -0.15) is 8.78 Å². The summed E-state index contributed by atoms with van der Waals surface area (Å²) in [5.41, 5.74) is 0. The number of hydrogen-bond acceptors (Lipinski definition) is 5. The van der Waals surface area contributed by atoms with Crippen LogP contribution < -0.4 is 4.74 Å². The summed E-state index contributed by atoms with van der Waals surface area (Å²) in [6, 6.07) is -0.0410. The van der Waals surface area contributed by atoms with Gasteiger partial charge in [-0.3, -0.25) is 0 Å². The molecule has 0 bridgehead atoms. The van der Waals surface area contributed by atoms with Gasteiger partial charge in [0.2, 0.25) is 23.5 Å². The van der Waals surface area contributed by atoms with E-state index in [2.05, 4.69) is 14.2 Å².